The number of primary amides is 1. The smallest absolute Gasteiger partial charge is 0.276 e. The van der Waals surface area contributed by atoms with Crippen LogP contribution in [0, 0.1) is 0 Å². The second-order valence-electron chi connectivity index (χ2n) is 7.70. The van der Waals surface area contributed by atoms with E-state index in [0.29, 0.717) is 22.8 Å². The van der Waals surface area contributed by atoms with Gasteiger partial charge in [0.25, 0.3) is 5.91 Å². The maximum absolute atomic E-state index is 13.2. The fourth-order valence-corrected chi connectivity index (χ4v) is 2.82. The Kier molecular flexibility index (Phi) is 5.05. The molecule has 2 amide bonds. The van der Waals surface area contributed by atoms with Crippen molar-refractivity contribution >= 4 is 17.5 Å². The first-order valence-corrected chi connectivity index (χ1v) is 9.02. The Labute approximate surface area is 164 Å². The van der Waals surface area contributed by atoms with E-state index in [9.17, 15) is 9.59 Å². The van der Waals surface area contributed by atoms with Gasteiger partial charge in [0.15, 0.2) is 0 Å². The fourth-order valence-electron chi connectivity index (χ4n) is 2.82. The van der Waals surface area contributed by atoms with E-state index in [-0.39, 0.29) is 11.3 Å². The number of hydrogen-bond acceptors (Lipinski definition) is 3. The molecule has 0 unspecified atom stereocenters. The summed E-state index contributed by atoms with van der Waals surface area (Å²) in [7, 11) is 1.73. The van der Waals surface area contributed by atoms with Gasteiger partial charge in [-0.1, -0.05) is 51.1 Å². The maximum Gasteiger partial charge on any atom is 0.276 e. The predicted octanol–water partition coefficient (Wildman–Crippen LogP) is 3.75. The second-order valence-corrected chi connectivity index (χ2v) is 7.70. The Bertz CT molecular complexity index is 999. The molecule has 1 heterocycles. The summed E-state index contributed by atoms with van der Waals surface area (Å²) in [6, 6.07) is 16.2. The Balaban J connectivity index is 2.08. The van der Waals surface area contributed by atoms with Gasteiger partial charge in [-0.2, -0.15) is 0 Å². The molecule has 0 bridgehead atoms. The Hall–Kier alpha value is -3.41. The molecule has 2 aromatic carbocycles. The van der Waals surface area contributed by atoms with Gasteiger partial charge in [-0.25, -0.2) is 4.98 Å². The number of nitrogens with two attached hydrogens (primary N) is 1. The van der Waals surface area contributed by atoms with E-state index >= 15 is 0 Å². The number of amides is 2. The van der Waals surface area contributed by atoms with Crippen LogP contribution in [0.25, 0.3) is 11.3 Å². The third kappa shape index (κ3) is 3.81. The summed E-state index contributed by atoms with van der Waals surface area (Å²) in [6.45, 7) is 6.09. The molecule has 3 aromatic rings. The molecule has 0 fully saturated rings. The van der Waals surface area contributed by atoms with Crippen molar-refractivity contribution in [2.24, 2.45) is 5.73 Å². The first-order chi connectivity index (χ1) is 13.2. The van der Waals surface area contributed by atoms with E-state index in [1.165, 1.54) is 0 Å². The van der Waals surface area contributed by atoms with Crippen molar-refractivity contribution in [3.8, 4) is 11.3 Å². The number of aromatic nitrogens is 2. The molecule has 3 N–H and O–H groups in total. The van der Waals surface area contributed by atoms with E-state index in [0.717, 1.165) is 11.3 Å². The number of carbonyl (C=O) groups excluding carboxylic acids is 2. The second kappa shape index (κ2) is 7.31. The van der Waals surface area contributed by atoms with E-state index < -0.39 is 5.91 Å². The van der Waals surface area contributed by atoms with Crippen molar-refractivity contribution in [2.75, 3.05) is 11.9 Å². The van der Waals surface area contributed by atoms with Crippen molar-refractivity contribution in [3.63, 3.8) is 0 Å². The van der Waals surface area contributed by atoms with Gasteiger partial charge in [0.05, 0.1) is 0 Å². The number of imidazole rings is 1. The van der Waals surface area contributed by atoms with Crippen molar-refractivity contribution in [2.45, 2.75) is 26.2 Å². The van der Waals surface area contributed by atoms with Crippen molar-refractivity contribution in [1.29, 1.82) is 0 Å². The molecule has 144 valence electrons. The summed E-state index contributed by atoms with van der Waals surface area (Å²) in [6.07, 6.45) is 0. The third-order valence-electron chi connectivity index (χ3n) is 4.52. The van der Waals surface area contributed by atoms with Gasteiger partial charge in [0, 0.05) is 29.3 Å². The molecular formula is C22H24N4O2. The molecule has 0 spiro atoms. The van der Waals surface area contributed by atoms with Crippen molar-refractivity contribution < 1.29 is 9.59 Å². The number of aromatic amines is 1. The molecule has 0 aliphatic carbocycles. The lowest BCUT2D eigenvalue weighted by Gasteiger charge is -2.17. The maximum atomic E-state index is 13.2. The number of anilines is 1. The van der Waals surface area contributed by atoms with E-state index in [2.05, 4.69) is 4.98 Å². The van der Waals surface area contributed by atoms with Crippen LogP contribution in [-0.2, 0) is 5.41 Å². The summed E-state index contributed by atoms with van der Waals surface area (Å²) in [5.41, 5.74) is 7.95. The fraction of sp³-hybridized carbons (Fsp3) is 0.227. The zero-order chi connectivity index (χ0) is 20.5. The first-order valence-electron chi connectivity index (χ1n) is 9.02. The van der Waals surface area contributed by atoms with Crippen molar-refractivity contribution in [3.05, 3.63) is 71.7 Å². The number of hydrogen-bond donors (Lipinski definition) is 2. The molecule has 28 heavy (non-hydrogen) atoms. The molecule has 0 aliphatic rings. The van der Waals surface area contributed by atoms with Crippen LogP contribution >= 0.6 is 0 Å². The van der Waals surface area contributed by atoms with Gasteiger partial charge < -0.3 is 15.6 Å². The van der Waals surface area contributed by atoms with Gasteiger partial charge in [0.2, 0.25) is 5.91 Å². The number of benzene rings is 2. The Morgan fingerprint density at radius 3 is 2.14 bits per heavy atom. The molecule has 3 rings (SSSR count). The van der Waals surface area contributed by atoms with Crippen LogP contribution < -0.4 is 10.6 Å². The van der Waals surface area contributed by atoms with E-state index in [1.807, 2.05) is 51.1 Å². The largest absolute Gasteiger partial charge is 0.366 e. The average Bonchev–Trinajstić information content (AvgIpc) is 3.13. The highest BCUT2D eigenvalue weighted by Crippen LogP contribution is 2.29. The summed E-state index contributed by atoms with van der Waals surface area (Å²) in [4.78, 5) is 34.1. The van der Waals surface area contributed by atoms with Gasteiger partial charge in [0.1, 0.15) is 17.2 Å². The highest BCUT2D eigenvalue weighted by Gasteiger charge is 2.27. The van der Waals surface area contributed by atoms with Crippen LogP contribution in [0.15, 0.2) is 54.6 Å². The molecule has 0 aliphatic heterocycles. The van der Waals surface area contributed by atoms with E-state index in [1.54, 1.807) is 36.2 Å². The van der Waals surface area contributed by atoms with Crippen molar-refractivity contribution in [1.82, 2.24) is 9.97 Å². The summed E-state index contributed by atoms with van der Waals surface area (Å²) in [5.74, 6) is 0.0264. The van der Waals surface area contributed by atoms with Gasteiger partial charge in [-0.05, 0) is 24.3 Å². The lowest BCUT2D eigenvalue weighted by molar-refractivity contribution is 0.0984. The quantitative estimate of drug-likeness (QED) is 0.726. The summed E-state index contributed by atoms with van der Waals surface area (Å²) in [5, 5.41) is 0. The molecule has 1 aromatic heterocycles. The lowest BCUT2D eigenvalue weighted by Crippen LogP contribution is -2.27. The number of rotatable bonds is 4. The molecular weight excluding hydrogens is 352 g/mol. The number of carbonyl (C=O) groups is 2. The van der Waals surface area contributed by atoms with Crippen LogP contribution in [0.4, 0.5) is 5.69 Å². The molecule has 0 radical (unpaired) electrons. The number of nitrogens with one attached hydrogen (secondary N) is 1. The molecule has 6 nitrogen and oxygen atoms in total. The number of H-pyrrole nitrogens is 1. The van der Waals surface area contributed by atoms with Gasteiger partial charge in [-0.15, -0.1) is 0 Å². The minimum absolute atomic E-state index is 0.192. The Morgan fingerprint density at radius 1 is 1.00 bits per heavy atom. The van der Waals surface area contributed by atoms with Crippen LogP contribution in [0.2, 0.25) is 0 Å². The van der Waals surface area contributed by atoms with Crippen LogP contribution in [-0.4, -0.2) is 28.8 Å². The van der Waals surface area contributed by atoms with Crippen LogP contribution in [0.3, 0.4) is 0 Å². The van der Waals surface area contributed by atoms with Gasteiger partial charge >= 0.3 is 0 Å². The SMILES string of the molecule is CN(C(=O)c1[nH]c(C(C)(C)C)nc1-c1ccc(C(N)=O)cc1)c1ccccc1. The molecule has 6 heteroatoms. The average molecular weight is 376 g/mol. The minimum Gasteiger partial charge on any atom is -0.366 e. The van der Waals surface area contributed by atoms with Crippen LogP contribution in [0.1, 0.15) is 47.4 Å². The van der Waals surface area contributed by atoms with Gasteiger partial charge in [-0.3, -0.25) is 9.59 Å². The van der Waals surface area contributed by atoms with E-state index in [4.69, 9.17) is 10.7 Å². The first kappa shape index (κ1) is 19.4. The molecule has 0 atom stereocenters. The normalized spacial score (nSPS) is 11.3. The molecule has 0 saturated carbocycles. The number of para-hydroxylation sites is 1. The lowest BCUT2D eigenvalue weighted by atomic mass is 9.96. The highest BCUT2D eigenvalue weighted by atomic mass is 16.2. The minimum atomic E-state index is -0.496. The zero-order valence-electron chi connectivity index (χ0n) is 16.5. The standard InChI is InChI=1S/C22H24N4O2/c1-22(2,3)21-24-17(14-10-12-15(13-11-14)19(23)27)18(25-21)20(28)26(4)16-8-6-5-7-9-16/h5-13H,1-4H3,(H2,23,27)(H,24,25). The topological polar surface area (TPSA) is 92.1 Å². The highest BCUT2D eigenvalue weighted by molar-refractivity contribution is 6.08. The zero-order valence-corrected chi connectivity index (χ0v) is 16.5. The predicted molar refractivity (Wildman–Crippen MR) is 110 cm³/mol. The molecule has 0 saturated heterocycles. The monoisotopic (exact) mass is 376 g/mol. The van der Waals surface area contributed by atoms with Crippen LogP contribution in [0.5, 0.6) is 0 Å². The Morgan fingerprint density at radius 2 is 1.61 bits per heavy atom. The summed E-state index contributed by atoms with van der Waals surface area (Å²) < 4.78 is 0. The number of nitrogens with zero attached hydrogens (tertiary/aromatic N) is 2. The summed E-state index contributed by atoms with van der Waals surface area (Å²) >= 11 is 0. The third-order valence-corrected chi connectivity index (χ3v) is 4.52.